The third-order valence-electron chi connectivity index (χ3n) is 5.47. The maximum Gasteiger partial charge on any atom is 0.231 e. The van der Waals surface area contributed by atoms with Crippen molar-refractivity contribution in [2.45, 2.75) is 26.1 Å². The van der Waals surface area contributed by atoms with Gasteiger partial charge < -0.3 is 24.1 Å². The van der Waals surface area contributed by atoms with Crippen molar-refractivity contribution < 1.29 is 24.1 Å². The van der Waals surface area contributed by atoms with Gasteiger partial charge >= 0.3 is 0 Å². The molecule has 0 spiro atoms. The number of fused-ring (bicyclic) bond motifs is 1. The minimum Gasteiger partial charge on any atom is -0.497 e. The smallest absolute Gasteiger partial charge is 0.231 e. The average Bonchev–Trinajstić information content (AvgIpc) is 3.27. The number of benzene rings is 3. The highest BCUT2D eigenvalue weighted by atomic mass is 16.7. The van der Waals surface area contributed by atoms with E-state index >= 15 is 0 Å². The lowest BCUT2D eigenvalue weighted by molar-refractivity contribution is 0.0627. The van der Waals surface area contributed by atoms with Crippen molar-refractivity contribution in [1.82, 2.24) is 4.90 Å². The Morgan fingerprint density at radius 1 is 0.938 bits per heavy atom. The van der Waals surface area contributed by atoms with Crippen LogP contribution in [0, 0.1) is 6.92 Å². The molecule has 168 valence electrons. The largest absolute Gasteiger partial charge is 0.497 e. The van der Waals surface area contributed by atoms with E-state index < -0.39 is 6.10 Å². The number of aryl methyl sites for hydroxylation is 1. The minimum absolute atomic E-state index is 0.206. The third kappa shape index (κ3) is 5.72. The van der Waals surface area contributed by atoms with Crippen LogP contribution in [0.25, 0.3) is 0 Å². The van der Waals surface area contributed by atoms with Crippen molar-refractivity contribution in [2.75, 3.05) is 27.1 Å². The van der Waals surface area contributed by atoms with Crippen LogP contribution in [0.4, 0.5) is 0 Å². The van der Waals surface area contributed by atoms with E-state index in [-0.39, 0.29) is 13.4 Å². The molecule has 1 aliphatic heterocycles. The minimum atomic E-state index is -0.643. The van der Waals surface area contributed by atoms with Gasteiger partial charge in [0, 0.05) is 19.6 Å². The average molecular weight is 436 g/mol. The molecule has 1 heterocycles. The molecule has 0 aromatic heterocycles. The lowest BCUT2D eigenvalue weighted by Gasteiger charge is -2.26. The highest BCUT2D eigenvalue weighted by molar-refractivity contribution is 5.44. The molecular weight excluding hydrogens is 406 g/mol. The molecule has 1 unspecified atom stereocenters. The summed E-state index contributed by atoms with van der Waals surface area (Å²) in [6.45, 7) is 4.44. The molecule has 4 rings (SSSR count). The van der Waals surface area contributed by atoms with Gasteiger partial charge in [0.25, 0.3) is 0 Å². The lowest BCUT2D eigenvalue weighted by Crippen LogP contribution is -2.35. The van der Waals surface area contributed by atoms with Gasteiger partial charge in [-0.25, -0.2) is 0 Å². The van der Waals surface area contributed by atoms with E-state index in [1.165, 1.54) is 11.1 Å². The van der Waals surface area contributed by atoms with Gasteiger partial charge in [0.2, 0.25) is 6.79 Å². The first-order valence-electron chi connectivity index (χ1n) is 10.7. The molecular formula is C26H29NO5. The molecule has 0 amide bonds. The Morgan fingerprint density at radius 3 is 2.47 bits per heavy atom. The van der Waals surface area contributed by atoms with Crippen molar-refractivity contribution in [3.8, 4) is 23.0 Å². The summed E-state index contributed by atoms with van der Waals surface area (Å²) in [4.78, 5) is 2.22. The Hall–Kier alpha value is -3.22. The lowest BCUT2D eigenvalue weighted by atomic mass is 10.1. The van der Waals surface area contributed by atoms with Crippen molar-refractivity contribution >= 4 is 0 Å². The zero-order chi connectivity index (χ0) is 22.3. The molecule has 6 nitrogen and oxygen atoms in total. The Labute approximate surface area is 188 Å². The van der Waals surface area contributed by atoms with Gasteiger partial charge in [-0.3, -0.25) is 4.90 Å². The molecule has 32 heavy (non-hydrogen) atoms. The first-order chi connectivity index (χ1) is 15.6. The summed E-state index contributed by atoms with van der Waals surface area (Å²) < 4.78 is 21.9. The van der Waals surface area contributed by atoms with Gasteiger partial charge in [0.1, 0.15) is 24.2 Å². The second kappa shape index (κ2) is 10.4. The van der Waals surface area contributed by atoms with Crippen LogP contribution in [0.3, 0.4) is 0 Å². The van der Waals surface area contributed by atoms with Crippen LogP contribution in [0.15, 0.2) is 66.7 Å². The Bertz CT molecular complexity index is 1020. The summed E-state index contributed by atoms with van der Waals surface area (Å²) in [7, 11) is 1.63. The van der Waals surface area contributed by atoms with Crippen molar-refractivity contribution in [3.05, 3.63) is 83.4 Å². The van der Waals surface area contributed by atoms with Gasteiger partial charge in [-0.05, 0) is 60.0 Å². The maximum atomic E-state index is 10.7. The topological polar surface area (TPSA) is 60.4 Å². The second-order valence-corrected chi connectivity index (χ2v) is 7.92. The molecule has 0 aliphatic carbocycles. The number of hydrogen-bond donors (Lipinski definition) is 1. The van der Waals surface area contributed by atoms with Crippen molar-refractivity contribution in [2.24, 2.45) is 0 Å². The van der Waals surface area contributed by atoms with E-state index in [4.69, 9.17) is 18.9 Å². The summed E-state index contributed by atoms with van der Waals surface area (Å²) in [5.74, 6) is 3.01. The van der Waals surface area contributed by atoms with Crippen LogP contribution in [-0.2, 0) is 13.1 Å². The number of hydrogen-bond acceptors (Lipinski definition) is 6. The first kappa shape index (κ1) is 22.0. The Balaban J connectivity index is 1.42. The quantitative estimate of drug-likeness (QED) is 0.516. The highest BCUT2D eigenvalue weighted by Gasteiger charge is 2.18. The fourth-order valence-electron chi connectivity index (χ4n) is 3.73. The fraction of sp³-hybridized carbons (Fsp3) is 0.308. The predicted molar refractivity (Wildman–Crippen MR) is 122 cm³/mol. The number of aliphatic hydroxyl groups is 1. The Kier molecular flexibility index (Phi) is 7.14. The molecule has 0 radical (unpaired) electrons. The molecule has 1 N–H and O–H groups in total. The zero-order valence-electron chi connectivity index (χ0n) is 18.5. The molecule has 1 aliphatic rings. The number of ether oxygens (including phenoxy) is 4. The number of rotatable bonds is 10. The summed E-state index contributed by atoms with van der Waals surface area (Å²) in [5, 5.41) is 10.7. The molecule has 0 bridgehead atoms. The van der Waals surface area contributed by atoms with E-state index in [1.54, 1.807) is 7.11 Å². The van der Waals surface area contributed by atoms with E-state index in [0.717, 1.165) is 29.4 Å². The predicted octanol–water partition coefficient (Wildman–Crippen LogP) is 4.17. The van der Waals surface area contributed by atoms with Crippen LogP contribution < -0.4 is 18.9 Å². The molecule has 0 fully saturated rings. The molecule has 1 atom stereocenters. The normalized spacial score (nSPS) is 13.2. The van der Waals surface area contributed by atoms with Crippen LogP contribution in [-0.4, -0.2) is 43.2 Å². The van der Waals surface area contributed by atoms with E-state index in [1.807, 2.05) is 54.6 Å². The second-order valence-electron chi connectivity index (χ2n) is 7.92. The molecule has 6 heteroatoms. The fourth-order valence-corrected chi connectivity index (χ4v) is 3.73. The molecule has 3 aromatic carbocycles. The van der Waals surface area contributed by atoms with Gasteiger partial charge in [0.05, 0.1) is 7.11 Å². The SMILES string of the molecule is COc1ccc(OCC(O)CN(Cc2ccc3c(c2)OCO3)Cc2ccccc2C)cc1. The van der Waals surface area contributed by atoms with Crippen LogP contribution in [0.5, 0.6) is 23.0 Å². The van der Waals surface area contributed by atoms with Crippen LogP contribution in [0.1, 0.15) is 16.7 Å². The molecule has 3 aromatic rings. The van der Waals surface area contributed by atoms with E-state index in [0.29, 0.717) is 18.8 Å². The maximum absolute atomic E-state index is 10.7. The van der Waals surface area contributed by atoms with Crippen LogP contribution in [0.2, 0.25) is 0 Å². The number of nitrogens with zero attached hydrogens (tertiary/aromatic N) is 1. The first-order valence-corrected chi connectivity index (χ1v) is 10.7. The standard InChI is InChI=1S/C26H29NO5/c1-19-5-3-4-6-21(19)15-27(14-20-7-12-25-26(13-20)32-18-31-25)16-22(28)17-30-24-10-8-23(29-2)9-11-24/h3-13,22,28H,14-18H2,1-2H3. The van der Waals surface area contributed by atoms with Gasteiger partial charge in [-0.1, -0.05) is 30.3 Å². The summed E-state index contributed by atoms with van der Waals surface area (Å²) >= 11 is 0. The van der Waals surface area contributed by atoms with E-state index in [2.05, 4.69) is 24.0 Å². The summed E-state index contributed by atoms with van der Waals surface area (Å²) in [6.07, 6.45) is -0.643. The summed E-state index contributed by atoms with van der Waals surface area (Å²) in [5.41, 5.74) is 3.56. The molecule has 0 saturated heterocycles. The van der Waals surface area contributed by atoms with Gasteiger partial charge in [-0.2, -0.15) is 0 Å². The van der Waals surface area contributed by atoms with Crippen molar-refractivity contribution in [3.63, 3.8) is 0 Å². The third-order valence-corrected chi connectivity index (χ3v) is 5.47. The zero-order valence-corrected chi connectivity index (χ0v) is 18.5. The van der Waals surface area contributed by atoms with Crippen molar-refractivity contribution in [1.29, 1.82) is 0 Å². The highest BCUT2D eigenvalue weighted by Crippen LogP contribution is 2.33. The van der Waals surface area contributed by atoms with Gasteiger partial charge in [-0.15, -0.1) is 0 Å². The molecule has 0 saturated carbocycles. The number of methoxy groups -OCH3 is 1. The Morgan fingerprint density at radius 2 is 1.69 bits per heavy atom. The monoisotopic (exact) mass is 435 g/mol. The van der Waals surface area contributed by atoms with Gasteiger partial charge in [0.15, 0.2) is 11.5 Å². The summed E-state index contributed by atoms with van der Waals surface area (Å²) in [6, 6.07) is 21.7. The number of aliphatic hydroxyl groups excluding tert-OH is 1. The van der Waals surface area contributed by atoms with E-state index in [9.17, 15) is 5.11 Å². The van der Waals surface area contributed by atoms with Crippen LogP contribution >= 0.6 is 0 Å².